The average Bonchev–Trinajstić information content (AvgIpc) is 2.88. The smallest absolute Gasteiger partial charge is 0.222 e. The van der Waals surface area contributed by atoms with Crippen molar-refractivity contribution >= 4 is 5.91 Å². The molecule has 1 N–H and O–H groups in total. The zero-order chi connectivity index (χ0) is 13.5. The molecule has 2 fully saturated rings. The van der Waals surface area contributed by atoms with Gasteiger partial charge in [-0.05, 0) is 38.3 Å². The Hall–Kier alpha value is -0.650. The Balaban J connectivity index is 1.57. The van der Waals surface area contributed by atoms with Crippen molar-refractivity contribution in [2.24, 2.45) is 5.92 Å². The van der Waals surface area contributed by atoms with Crippen LogP contribution < -0.4 is 0 Å². The van der Waals surface area contributed by atoms with Crippen molar-refractivity contribution in [2.75, 3.05) is 52.5 Å². The van der Waals surface area contributed by atoms with Crippen LogP contribution in [0.2, 0.25) is 0 Å². The normalized spacial score (nSPS) is 24.9. The van der Waals surface area contributed by atoms with Gasteiger partial charge >= 0.3 is 0 Å². The van der Waals surface area contributed by atoms with Crippen LogP contribution in [0.25, 0.3) is 0 Å². The summed E-state index contributed by atoms with van der Waals surface area (Å²) in [6.45, 7) is 6.39. The van der Waals surface area contributed by atoms with Crippen LogP contribution in [0.4, 0.5) is 0 Å². The Morgan fingerprint density at radius 1 is 1.26 bits per heavy atom. The molecule has 110 valence electrons. The van der Waals surface area contributed by atoms with Crippen LogP contribution in [0.1, 0.15) is 25.7 Å². The zero-order valence-corrected chi connectivity index (χ0v) is 11.7. The molecule has 0 spiro atoms. The number of aliphatic hydroxyl groups excluding tert-OH is 1. The first kappa shape index (κ1) is 14.8. The molecule has 0 aromatic heterocycles. The molecule has 2 rings (SSSR count). The van der Waals surface area contributed by atoms with Gasteiger partial charge in [0.05, 0.1) is 13.2 Å². The Labute approximate surface area is 115 Å². The number of likely N-dealkylation sites (tertiary alicyclic amines) is 1. The molecule has 1 unspecified atom stereocenters. The number of carbonyl (C=O) groups excluding carboxylic acids is 1. The molecule has 0 bridgehead atoms. The van der Waals surface area contributed by atoms with E-state index >= 15 is 0 Å². The number of aliphatic hydroxyl groups is 1. The molecule has 0 saturated carbocycles. The fourth-order valence-corrected chi connectivity index (χ4v) is 2.96. The number of nitrogens with zero attached hydrogens (tertiary/aromatic N) is 2. The van der Waals surface area contributed by atoms with E-state index in [0.29, 0.717) is 32.2 Å². The number of ether oxygens (including phenoxy) is 1. The van der Waals surface area contributed by atoms with Gasteiger partial charge in [0.15, 0.2) is 0 Å². The van der Waals surface area contributed by atoms with Gasteiger partial charge in [0.2, 0.25) is 5.91 Å². The van der Waals surface area contributed by atoms with E-state index in [9.17, 15) is 4.79 Å². The van der Waals surface area contributed by atoms with Crippen molar-refractivity contribution in [1.29, 1.82) is 0 Å². The van der Waals surface area contributed by atoms with Crippen LogP contribution >= 0.6 is 0 Å². The predicted octanol–water partition coefficient (Wildman–Crippen LogP) is 0.330. The second-order valence-electron chi connectivity index (χ2n) is 5.56. The number of rotatable bonds is 6. The monoisotopic (exact) mass is 270 g/mol. The van der Waals surface area contributed by atoms with Crippen LogP contribution in [0, 0.1) is 5.92 Å². The molecule has 0 aromatic rings. The second-order valence-corrected chi connectivity index (χ2v) is 5.56. The highest BCUT2D eigenvalue weighted by atomic mass is 16.5. The molecule has 0 aromatic carbocycles. The van der Waals surface area contributed by atoms with Crippen LogP contribution in [0.3, 0.4) is 0 Å². The van der Waals surface area contributed by atoms with Crippen molar-refractivity contribution in [1.82, 2.24) is 9.80 Å². The lowest BCUT2D eigenvalue weighted by Crippen LogP contribution is -2.40. The van der Waals surface area contributed by atoms with Gasteiger partial charge in [-0.25, -0.2) is 0 Å². The van der Waals surface area contributed by atoms with Crippen molar-refractivity contribution in [3.63, 3.8) is 0 Å². The van der Waals surface area contributed by atoms with Gasteiger partial charge in [-0.1, -0.05) is 0 Å². The van der Waals surface area contributed by atoms with E-state index in [1.165, 1.54) is 6.42 Å². The Morgan fingerprint density at radius 2 is 2.05 bits per heavy atom. The van der Waals surface area contributed by atoms with Crippen molar-refractivity contribution in [3.8, 4) is 0 Å². The minimum atomic E-state index is 0.273. The summed E-state index contributed by atoms with van der Waals surface area (Å²) >= 11 is 0. The number of morpholine rings is 1. The van der Waals surface area contributed by atoms with E-state index < -0.39 is 0 Å². The molecule has 1 atom stereocenters. The summed E-state index contributed by atoms with van der Waals surface area (Å²) in [7, 11) is 0. The van der Waals surface area contributed by atoms with Crippen LogP contribution in [-0.4, -0.2) is 73.4 Å². The highest BCUT2D eigenvalue weighted by Gasteiger charge is 2.22. The Kier molecular flexibility index (Phi) is 6.07. The molecule has 2 aliphatic rings. The van der Waals surface area contributed by atoms with E-state index in [1.807, 2.05) is 4.90 Å². The van der Waals surface area contributed by atoms with Crippen molar-refractivity contribution < 1.29 is 14.6 Å². The van der Waals surface area contributed by atoms with Crippen LogP contribution in [-0.2, 0) is 9.53 Å². The highest BCUT2D eigenvalue weighted by Crippen LogP contribution is 2.19. The number of hydrogen-bond acceptors (Lipinski definition) is 4. The number of carbonyl (C=O) groups is 1. The van der Waals surface area contributed by atoms with Crippen molar-refractivity contribution in [3.05, 3.63) is 0 Å². The first-order valence-electron chi connectivity index (χ1n) is 7.48. The lowest BCUT2D eigenvalue weighted by atomic mass is 10.1. The third-order valence-corrected chi connectivity index (χ3v) is 4.14. The molecule has 19 heavy (non-hydrogen) atoms. The topological polar surface area (TPSA) is 53.0 Å². The summed E-state index contributed by atoms with van der Waals surface area (Å²) in [5, 5.41) is 8.93. The van der Waals surface area contributed by atoms with Crippen molar-refractivity contribution in [2.45, 2.75) is 25.7 Å². The molecular formula is C14H26N2O3. The van der Waals surface area contributed by atoms with Crippen LogP contribution in [0.15, 0.2) is 0 Å². The molecule has 2 heterocycles. The Bertz CT molecular complexity index is 280. The molecular weight excluding hydrogens is 244 g/mol. The lowest BCUT2D eigenvalue weighted by Gasteiger charge is -2.27. The molecule has 0 aliphatic carbocycles. The van der Waals surface area contributed by atoms with E-state index in [1.54, 1.807) is 0 Å². The third kappa shape index (κ3) is 4.75. The average molecular weight is 270 g/mol. The molecule has 0 radical (unpaired) electrons. The number of hydrogen-bond donors (Lipinski definition) is 1. The molecule has 5 nitrogen and oxygen atoms in total. The van der Waals surface area contributed by atoms with Gasteiger partial charge in [-0.2, -0.15) is 0 Å². The minimum absolute atomic E-state index is 0.273. The summed E-state index contributed by atoms with van der Waals surface area (Å²) in [5.74, 6) is 0.925. The standard InChI is InChI=1S/C14H26N2O3/c17-9-4-13-3-6-15(12-13)5-1-2-14(18)16-7-10-19-11-8-16/h13,17H,1-12H2. The maximum absolute atomic E-state index is 12.0. The SMILES string of the molecule is O=C(CCCN1CCC(CCO)C1)N1CCOCC1. The molecule has 2 aliphatic heterocycles. The highest BCUT2D eigenvalue weighted by molar-refractivity contribution is 5.76. The first-order valence-corrected chi connectivity index (χ1v) is 7.48. The lowest BCUT2D eigenvalue weighted by molar-refractivity contribution is -0.135. The van der Waals surface area contributed by atoms with E-state index in [0.717, 1.165) is 45.6 Å². The number of amides is 1. The summed E-state index contributed by atoms with van der Waals surface area (Å²) in [4.78, 5) is 16.3. The largest absolute Gasteiger partial charge is 0.396 e. The summed E-state index contributed by atoms with van der Waals surface area (Å²) in [6.07, 6.45) is 3.71. The quantitative estimate of drug-likeness (QED) is 0.756. The zero-order valence-electron chi connectivity index (χ0n) is 11.7. The third-order valence-electron chi connectivity index (χ3n) is 4.14. The van der Waals surface area contributed by atoms with Gasteiger partial charge in [-0.3, -0.25) is 4.79 Å². The molecule has 5 heteroatoms. The fourth-order valence-electron chi connectivity index (χ4n) is 2.96. The molecule has 2 saturated heterocycles. The maximum atomic E-state index is 12.0. The predicted molar refractivity (Wildman–Crippen MR) is 72.9 cm³/mol. The van der Waals surface area contributed by atoms with Gasteiger partial charge in [0.1, 0.15) is 0 Å². The van der Waals surface area contributed by atoms with Gasteiger partial charge < -0.3 is 19.6 Å². The van der Waals surface area contributed by atoms with E-state index in [2.05, 4.69) is 4.90 Å². The van der Waals surface area contributed by atoms with E-state index in [-0.39, 0.29) is 5.91 Å². The minimum Gasteiger partial charge on any atom is -0.396 e. The Morgan fingerprint density at radius 3 is 2.79 bits per heavy atom. The fraction of sp³-hybridized carbons (Fsp3) is 0.929. The van der Waals surface area contributed by atoms with Gasteiger partial charge in [0.25, 0.3) is 0 Å². The summed E-state index contributed by atoms with van der Waals surface area (Å²) in [6, 6.07) is 0. The van der Waals surface area contributed by atoms with Gasteiger partial charge in [-0.15, -0.1) is 0 Å². The van der Waals surface area contributed by atoms with Gasteiger partial charge in [0, 0.05) is 32.7 Å². The second kappa shape index (κ2) is 7.82. The van der Waals surface area contributed by atoms with Crippen LogP contribution in [0.5, 0.6) is 0 Å². The molecule has 1 amide bonds. The first-order chi connectivity index (χ1) is 9.29. The van der Waals surface area contributed by atoms with E-state index in [4.69, 9.17) is 9.84 Å². The maximum Gasteiger partial charge on any atom is 0.222 e. The summed E-state index contributed by atoms with van der Waals surface area (Å²) < 4.78 is 5.25. The summed E-state index contributed by atoms with van der Waals surface area (Å²) in [5.41, 5.74) is 0.